The number of rotatable bonds is 3. The van der Waals surface area contributed by atoms with Gasteiger partial charge in [-0.25, -0.2) is 4.79 Å². The number of likely N-dealkylation sites (tertiary alicyclic amines) is 1. The van der Waals surface area contributed by atoms with Crippen LogP contribution in [0.15, 0.2) is 24.3 Å². The van der Waals surface area contributed by atoms with Crippen LogP contribution in [0.4, 0.5) is 10.5 Å². The predicted octanol–water partition coefficient (Wildman–Crippen LogP) is 2.21. The maximum Gasteiger partial charge on any atom is 0.410 e. The molecule has 0 bridgehead atoms. The number of nitrogens with one attached hydrogen (secondary N) is 1. The van der Waals surface area contributed by atoms with Crippen LogP contribution in [0.1, 0.15) is 37.6 Å². The van der Waals surface area contributed by atoms with Crippen molar-refractivity contribution in [3.05, 3.63) is 29.8 Å². The van der Waals surface area contributed by atoms with Gasteiger partial charge in [-0.3, -0.25) is 4.79 Å². The first-order valence-corrected chi connectivity index (χ1v) is 7.39. The molecule has 1 saturated heterocycles. The SMILES string of the molecule is CC(C)(C)OC(=O)N1CCC(Nc2ccccc2C(N)=O)C1. The predicted molar refractivity (Wildman–Crippen MR) is 84.8 cm³/mol. The Morgan fingerprint density at radius 3 is 2.64 bits per heavy atom. The Bertz CT molecular complexity index is 566. The molecule has 6 heteroatoms. The van der Waals surface area contributed by atoms with Gasteiger partial charge in [-0.15, -0.1) is 0 Å². The molecule has 1 aliphatic rings. The molecule has 1 fully saturated rings. The number of hydrogen-bond donors (Lipinski definition) is 2. The number of benzene rings is 1. The molecular formula is C16H23N3O3. The van der Waals surface area contributed by atoms with E-state index >= 15 is 0 Å². The molecule has 22 heavy (non-hydrogen) atoms. The number of para-hydroxylation sites is 1. The van der Waals surface area contributed by atoms with Gasteiger partial charge in [0.05, 0.1) is 5.56 Å². The summed E-state index contributed by atoms with van der Waals surface area (Å²) in [6.07, 6.45) is 0.492. The van der Waals surface area contributed by atoms with Crippen molar-refractivity contribution < 1.29 is 14.3 Å². The molecule has 0 spiro atoms. The highest BCUT2D eigenvalue weighted by Gasteiger charge is 2.30. The Hall–Kier alpha value is -2.24. The highest BCUT2D eigenvalue weighted by Crippen LogP contribution is 2.21. The van der Waals surface area contributed by atoms with Gasteiger partial charge in [0.15, 0.2) is 0 Å². The van der Waals surface area contributed by atoms with Crippen LogP contribution in [0, 0.1) is 0 Å². The summed E-state index contributed by atoms with van der Waals surface area (Å²) in [7, 11) is 0. The van der Waals surface area contributed by atoms with E-state index in [4.69, 9.17) is 10.5 Å². The third-order valence-electron chi connectivity index (χ3n) is 3.39. The Kier molecular flexibility index (Phi) is 4.59. The summed E-state index contributed by atoms with van der Waals surface area (Å²) in [5, 5.41) is 3.29. The van der Waals surface area contributed by atoms with Crippen molar-refractivity contribution in [2.45, 2.75) is 38.8 Å². The molecule has 0 aliphatic carbocycles. The first kappa shape index (κ1) is 16.1. The summed E-state index contributed by atoms with van der Waals surface area (Å²) >= 11 is 0. The zero-order valence-electron chi connectivity index (χ0n) is 13.3. The van der Waals surface area contributed by atoms with E-state index < -0.39 is 11.5 Å². The number of nitrogens with two attached hydrogens (primary N) is 1. The smallest absolute Gasteiger partial charge is 0.410 e. The van der Waals surface area contributed by atoms with Crippen molar-refractivity contribution in [3.8, 4) is 0 Å². The zero-order valence-corrected chi connectivity index (χ0v) is 13.3. The van der Waals surface area contributed by atoms with Crippen LogP contribution in [0.25, 0.3) is 0 Å². The summed E-state index contributed by atoms with van der Waals surface area (Å²) in [6, 6.07) is 7.19. The minimum atomic E-state index is -0.499. The van der Waals surface area contributed by atoms with Crippen LogP contribution in [0.5, 0.6) is 0 Å². The van der Waals surface area contributed by atoms with Gasteiger partial charge < -0.3 is 20.7 Å². The van der Waals surface area contributed by atoms with Gasteiger partial charge >= 0.3 is 6.09 Å². The van der Waals surface area contributed by atoms with Gasteiger partial charge in [-0.2, -0.15) is 0 Å². The van der Waals surface area contributed by atoms with Crippen molar-refractivity contribution >= 4 is 17.7 Å². The second kappa shape index (κ2) is 6.25. The van der Waals surface area contributed by atoms with E-state index in [0.717, 1.165) is 6.42 Å². The standard InChI is InChI=1S/C16H23N3O3/c1-16(2,3)22-15(21)19-9-8-11(10-19)18-13-7-5-4-6-12(13)14(17)20/h4-7,11,18H,8-10H2,1-3H3,(H2,17,20). The molecule has 120 valence electrons. The average molecular weight is 305 g/mol. The number of carbonyl (C=O) groups is 2. The third-order valence-corrected chi connectivity index (χ3v) is 3.39. The second-order valence-electron chi connectivity index (χ2n) is 6.47. The van der Waals surface area contributed by atoms with E-state index in [1.165, 1.54) is 0 Å². The maximum atomic E-state index is 12.0. The second-order valence-corrected chi connectivity index (χ2v) is 6.47. The van der Waals surface area contributed by atoms with E-state index in [1.54, 1.807) is 17.0 Å². The molecule has 1 aliphatic heterocycles. The molecule has 1 heterocycles. The normalized spacial score (nSPS) is 18.1. The van der Waals surface area contributed by atoms with Crippen LogP contribution in [-0.2, 0) is 4.74 Å². The monoisotopic (exact) mass is 305 g/mol. The van der Waals surface area contributed by atoms with Crippen molar-refractivity contribution in [2.24, 2.45) is 5.73 Å². The molecule has 1 atom stereocenters. The molecule has 0 saturated carbocycles. The van der Waals surface area contributed by atoms with Gasteiger partial charge in [0.1, 0.15) is 5.60 Å². The molecule has 1 unspecified atom stereocenters. The van der Waals surface area contributed by atoms with E-state index in [9.17, 15) is 9.59 Å². The van der Waals surface area contributed by atoms with Crippen LogP contribution in [-0.4, -0.2) is 41.6 Å². The van der Waals surface area contributed by atoms with Crippen molar-refractivity contribution in [3.63, 3.8) is 0 Å². The van der Waals surface area contributed by atoms with Crippen molar-refractivity contribution in [1.29, 1.82) is 0 Å². The van der Waals surface area contributed by atoms with Crippen LogP contribution in [0.3, 0.4) is 0 Å². The van der Waals surface area contributed by atoms with E-state index in [2.05, 4.69) is 5.32 Å². The lowest BCUT2D eigenvalue weighted by molar-refractivity contribution is 0.0293. The lowest BCUT2D eigenvalue weighted by atomic mass is 10.1. The molecule has 2 rings (SSSR count). The molecule has 1 aromatic carbocycles. The van der Waals surface area contributed by atoms with E-state index in [0.29, 0.717) is 24.3 Å². The molecular weight excluding hydrogens is 282 g/mol. The van der Waals surface area contributed by atoms with Gasteiger partial charge in [-0.05, 0) is 39.3 Å². The van der Waals surface area contributed by atoms with Crippen molar-refractivity contribution in [1.82, 2.24) is 4.90 Å². The number of carbonyl (C=O) groups excluding carboxylic acids is 2. The minimum Gasteiger partial charge on any atom is -0.444 e. The fourth-order valence-corrected chi connectivity index (χ4v) is 2.41. The summed E-state index contributed by atoms with van der Waals surface area (Å²) in [5.74, 6) is -0.468. The van der Waals surface area contributed by atoms with Crippen molar-refractivity contribution in [2.75, 3.05) is 18.4 Å². The molecule has 6 nitrogen and oxygen atoms in total. The van der Waals surface area contributed by atoms with Crippen LogP contribution in [0.2, 0.25) is 0 Å². The number of hydrogen-bond acceptors (Lipinski definition) is 4. The first-order chi connectivity index (χ1) is 10.3. The first-order valence-electron chi connectivity index (χ1n) is 7.39. The molecule has 0 aromatic heterocycles. The number of ether oxygens (including phenoxy) is 1. The van der Waals surface area contributed by atoms with Crippen LogP contribution < -0.4 is 11.1 Å². The Labute approximate surface area is 130 Å². The summed E-state index contributed by atoms with van der Waals surface area (Å²) in [5.41, 5.74) is 6.03. The average Bonchev–Trinajstić information content (AvgIpc) is 2.86. The lowest BCUT2D eigenvalue weighted by Gasteiger charge is -2.24. The number of anilines is 1. The Morgan fingerprint density at radius 2 is 2.00 bits per heavy atom. The van der Waals surface area contributed by atoms with E-state index in [-0.39, 0.29) is 12.1 Å². The highest BCUT2D eigenvalue weighted by molar-refractivity contribution is 5.98. The van der Waals surface area contributed by atoms with Crippen LogP contribution >= 0.6 is 0 Å². The lowest BCUT2D eigenvalue weighted by Crippen LogP contribution is -2.36. The number of amides is 2. The highest BCUT2D eigenvalue weighted by atomic mass is 16.6. The minimum absolute atomic E-state index is 0.0769. The molecule has 2 amide bonds. The zero-order chi connectivity index (χ0) is 16.3. The Balaban J connectivity index is 1.97. The molecule has 3 N–H and O–H groups in total. The Morgan fingerprint density at radius 1 is 1.32 bits per heavy atom. The van der Waals surface area contributed by atoms with E-state index in [1.807, 2.05) is 32.9 Å². The maximum absolute atomic E-state index is 12.0. The third kappa shape index (κ3) is 4.13. The largest absolute Gasteiger partial charge is 0.444 e. The topological polar surface area (TPSA) is 84.7 Å². The molecule has 0 radical (unpaired) electrons. The summed E-state index contributed by atoms with van der Waals surface area (Å²) in [4.78, 5) is 25.1. The number of primary amides is 1. The van der Waals surface area contributed by atoms with Gasteiger partial charge in [0, 0.05) is 24.8 Å². The molecule has 1 aromatic rings. The van der Waals surface area contributed by atoms with Gasteiger partial charge in [0.25, 0.3) is 5.91 Å². The summed E-state index contributed by atoms with van der Waals surface area (Å²) in [6.45, 7) is 6.72. The number of nitrogens with zero attached hydrogens (tertiary/aromatic N) is 1. The fraction of sp³-hybridized carbons (Fsp3) is 0.500. The summed E-state index contributed by atoms with van der Waals surface area (Å²) < 4.78 is 5.37. The quantitative estimate of drug-likeness (QED) is 0.896. The fourth-order valence-electron chi connectivity index (χ4n) is 2.41. The van der Waals surface area contributed by atoms with Gasteiger partial charge in [0.2, 0.25) is 0 Å². The van der Waals surface area contributed by atoms with Gasteiger partial charge in [-0.1, -0.05) is 12.1 Å².